The van der Waals surface area contributed by atoms with Gasteiger partial charge in [-0.3, -0.25) is 4.79 Å². The highest BCUT2D eigenvalue weighted by Gasteiger charge is 2.22. The number of rotatable bonds is 5. The van der Waals surface area contributed by atoms with Crippen molar-refractivity contribution in [1.29, 1.82) is 0 Å². The molecule has 1 aromatic heterocycles. The van der Waals surface area contributed by atoms with Gasteiger partial charge in [0, 0.05) is 15.5 Å². The molecule has 0 aliphatic carbocycles. The zero-order chi connectivity index (χ0) is 23.6. The van der Waals surface area contributed by atoms with Crippen molar-refractivity contribution in [3.8, 4) is 5.75 Å². The molecule has 0 aliphatic heterocycles. The maximum absolute atomic E-state index is 13.8. The predicted molar refractivity (Wildman–Crippen MR) is 133 cm³/mol. The van der Waals surface area contributed by atoms with Crippen LogP contribution in [0.5, 0.6) is 5.75 Å². The van der Waals surface area contributed by atoms with E-state index in [1.807, 2.05) is 45.0 Å². The van der Waals surface area contributed by atoms with Gasteiger partial charge in [-0.1, -0.05) is 67.0 Å². The fourth-order valence-corrected chi connectivity index (χ4v) is 3.69. The molecule has 7 heteroatoms. The van der Waals surface area contributed by atoms with Crippen LogP contribution in [0.4, 0.5) is 4.39 Å². The van der Waals surface area contributed by atoms with E-state index in [0.29, 0.717) is 28.0 Å². The van der Waals surface area contributed by atoms with E-state index < -0.39 is 5.41 Å². The Morgan fingerprint density at radius 3 is 2.64 bits per heavy atom. The van der Waals surface area contributed by atoms with E-state index in [0.717, 1.165) is 10.0 Å². The minimum Gasteiger partial charge on any atom is -0.489 e. The second kappa shape index (κ2) is 9.27. The summed E-state index contributed by atoms with van der Waals surface area (Å²) in [5.41, 5.74) is 1.20. The van der Waals surface area contributed by atoms with Crippen molar-refractivity contribution < 1.29 is 9.13 Å². The molecule has 4 aromatic rings. The lowest BCUT2D eigenvalue weighted by atomic mass is 9.95. The van der Waals surface area contributed by atoms with Crippen molar-refractivity contribution in [2.24, 2.45) is 5.10 Å². The van der Waals surface area contributed by atoms with Crippen LogP contribution in [0.1, 0.15) is 37.7 Å². The molecular formula is C26H23BrFN3O2. The van der Waals surface area contributed by atoms with E-state index in [2.05, 4.69) is 21.0 Å². The minimum atomic E-state index is -0.400. The second-order valence-corrected chi connectivity index (χ2v) is 9.58. The zero-order valence-corrected chi connectivity index (χ0v) is 20.1. The Morgan fingerprint density at radius 1 is 1.09 bits per heavy atom. The van der Waals surface area contributed by atoms with Gasteiger partial charge < -0.3 is 4.74 Å². The first-order chi connectivity index (χ1) is 15.7. The average Bonchev–Trinajstić information content (AvgIpc) is 2.78. The SMILES string of the molecule is CC(C)(C)c1nc2ccc(Br)cc2c(=O)n1N=Cc1cccc(OCc2ccccc2F)c1. The predicted octanol–water partition coefficient (Wildman–Crippen LogP) is 6.06. The minimum absolute atomic E-state index is 0.115. The Balaban J connectivity index is 1.67. The van der Waals surface area contributed by atoms with Gasteiger partial charge in [0.2, 0.25) is 0 Å². The Hall–Kier alpha value is -3.32. The smallest absolute Gasteiger partial charge is 0.282 e. The Kier molecular flexibility index (Phi) is 6.42. The first-order valence-corrected chi connectivity index (χ1v) is 11.2. The molecule has 0 fully saturated rings. The molecule has 0 saturated heterocycles. The normalized spacial score (nSPS) is 11.9. The third-order valence-electron chi connectivity index (χ3n) is 5.01. The lowest BCUT2D eigenvalue weighted by molar-refractivity contribution is 0.300. The van der Waals surface area contributed by atoms with Crippen molar-refractivity contribution in [1.82, 2.24) is 9.66 Å². The summed E-state index contributed by atoms with van der Waals surface area (Å²) in [7, 11) is 0. The number of fused-ring (bicyclic) bond motifs is 1. The van der Waals surface area contributed by atoms with Gasteiger partial charge >= 0.3 is 0 Å². The number of benzene rings is 3. The number of halogens is 2. The molecule has 0 atom stereocenters. The van der Waals surface area contributed by atoms with Crippen molar-refractivity contribution >= 4 is 33.0 Å². The first-order valence-electron chi connectivity index (χ1n) is 10.5. The van der Waals surface area contributed by atoms with E-state index in [1.165, 1.54) is 10.7 Å². The number of hydrogen-bond acceptors (Lipinski definition) is 4. The van der Waals surface area contributed by atoms with Crippen LogP contribution < -0.4 is 10.3 Å². The molecule has 0 aliphatic rings. The highest BCUT2D eigenvalue weighted by Crippen LogP contribution is 2.23. The summed E-state index contributed by atoms with van der Waals surface area (Å²) >= 11 is 3.42. The third-order valence-corrected chi connectivity index (χ3v) is 5.50. The molecule has 3 aromatic carbocycles. The van der Waals surface area contributed by atoms with E-state index in [1.54, 1.807) is 42.6 Å². The monoisotopic (exact) mass is 507 g/mol. The van der Waals surface area contributed by atoms with Crippen LogP contribution in [0, 0.1) is 5.82 Å². The van der Waals surface area contributed by atoms with E-state index in [-0.39, 0.29) is 18.0 Å². The quantitative estimate of drug-likeness (QED) is 0.308. The van der Waals surface area contributed by atoms with Gasteiger partial charge in [-0.05, 0) is 42.0 Å². The molecule has 0 unspecified atom stereocenters. The topological polar surface area (TPSA) is 56.5 Å². The fraction of sp³-hybridized carbons (Fsp3) is 0.192. The molecule has 168 valence electrons. The van der Waals surface area contributed by atoms with E-state index in [4.69, 9.17) is 9.72 Å². The van der Waals surface area contributed by atoms with Gasteiger partial charge in [0.25, 0.3) is 5.56 Å². The summed E-state index contributed by atoms with van der Waals surface area (Å²) in [5.74, 6) is 0.830. The van der Waals surface area contributed by atoms with Gasteiger partial charge in [-0.15, -0.1) is 0 Å². The van der Waals surface area contributed by atoms with E-state index in [9.17, 15) is 9.18 Å². The Bertz CT molecular complexity index is 1410. The lowest BCUT2D eigenvalue weighted by Crippen LogP contribution is -2.29. The summed E-state index contributed by atoms with van der Waals surface area (Å²) in [4.78, 5) is 18.0. The molecule has 0 saturated carbocycles. The van der Waals surface area contributed by atoms with Crippen LogP contribution in [0.15, 0.2) is 81.1 Å². The summed E-state index contributed by atoms with van der Waals surface area (Å²) in [6, 6.07) is 19.2. The third kappa shape index (κ3) is 5.20. The summed E-state index contributed by atoms with van der Waals surface area (Å²) < 4.78 is 21.7. The van der Waals surface area contributed by atoms with Crippen LogP contribution in [-0.2, 0) is 12.0 Å². The molecule has 5 nitrogen and oxygen atoms in total. The zero-order valence-electron chi connectivity index (χ0n) is 18.5. The van der Waals surface area contributed by atoms with Gasteiger partial charge in [0.15, 0.2) is 0 Å². The number of aromatic nitrogens is 2. The average molecular weight is 508 g/mol. The fourth-order valence-electron chi connectivity index (χ4n) is 3.33. The Labute approximate surface area is 199 Å². The summed E-state index contributed by atoms with van der Waals surface area (Å²) in [5, 5.41) is 4.96. The molecule has 0 amide bonds. The summed E-state index contributed by atoms with van der Waals surface area (Å²) in [6.45, 7) is 6.08. The van der Waals surface area contributed by atoms with Crippen LogP contribution in [0.3, 0.4) is 0 Å². The van der Waals surface area contributed by atoms with Crippen molar-refractivity contribution in [3.05, 3.63) is 104 Å². The maximum Gasteiger partial charge on any atom is 0.282 e. The van der Waals surface area contributed by atoms with E-state index >= 15 is 0 Å². The highest BCUT2D eigenvalue weighted by molar-refractivity contribution is 9.10. The summed E-state index contributed by atoms with van der Waals surface area (Å²) in [6.07, 6.45) is 1.60. The van der Waals surface area contributed by atoms with Gasteiger partial charge in [-0.25, -0.2) is 9.37 Å². The van der Waals surface area contributed by atoms with Crippen molar-refractivity contribution in [2.45, 2.75) is 32.8 Å². The second-order valence-electron chi connectivity index (χ2n) is 8.66. The number of hydrogen-bond donors (Lipinski definition) is 0. The molecule has 0 spiro atoms. The van der Waals surface area contributed by atoms with Gasteiger partial charge in [0.1, 0.15) is 24.0 Å². The molecule has 0 radical (unpaired) electrons. The molecule has 4 rings (SSSR count). The molecule has 1 heterocycles. The van der Waals surface area contributed by atoms with Crippen molar-refractivity contribution in [3.63, 3.8) is 0 Å². The first kappa shape index (κ1) is 22.9. The lowest BCUT2D eigenvalue weighted by Gasteiger charge is -2.20. The Morgan fingerprint density at radius 2 is 1.88 bits per heavy atom. The van der Waals surface area contributed by atoms with Crippen molar-refractivity contribution in [2.75, 3.05) is 0 Å². The highest BCUT2D eigenvalue weighted by atomic mass is 79.9. The van der Waals surface area contributed by atoms with Crippen LogP contribution in [0.25, 0.3) is 10.9 Å². The van der Waals surface area contributed by atoms with Crippen LogP contribution in [-0.4, -0.2) is 15.9 Å². The van der Waals surface area contributed by atoms with Gasteiger partial charge in [0.05, 0.1) is 17.1 Å². The maximum atomic E-state index is 13.8. The molecule has 0 bridgehead atoms. The molecule has 33 heavy (non-hydrogen) atoms. The standard InChI is InChI=1S/C26H23BrFN3O2/c1-26(2,3)25-30-23-12-11-19(27)14-21(23)24(32)31(25)29-15-17-7-6-9-20(13-17)33-16-18-8-4-5-10-22(18)28/h4-15H,16H2,1-3H3. The number of nitrogens with zero attached hydrogens (tertiary/aromatic N) is 3. The van der Waals surface area contributed by atoms with Crippen LogP contribution in [0.2, 0.25) is 0 Å². The molecular weight excluding hydrogens is 485 g/mol. The molecule has 0 N–H and O–H groups in total. The van der Waals surface area contributed by atoms with Crippen LogP contribution >= 0.6 is 15.9 Å². The largest absolute Gasteiger partial charge is 0.489 e. The van der Waals surface area contributed by atoms with Gasteiger partial charge in [-0.2, -0.15) is 9.78 Å². The number of ether oxygens (including phenoxy) is 1.